The van der Waals surface area contributed by atoms with Crippen LogP contribution in [0, 0.1) is 6.92 Å². The smallest absolute Gasteiger partial charge is 0.258 e. The van der Waals surface area contributed by atoms with Gasteiger partial charge in [0.1, 0.15) is 5.65 Å². The number of pyridine rings is 1. The normalized spacial score (nSPS) is 11.1. The van der Waals surface area contributed by atoms with Gasteiger partial charge in [0.05, 0.1) is 5.69 Å². The van der Waals surface area contributed by atoms with Crippen LogP contribution in [0.4, 0.5) is 0 Å². The third-order valence-electron chi connectivity index (χ3n) is 2.79. The Kier molecular flexibility index (Phi) is 3.23. The van der Waals surface area contributed by atoms with Gasteiger partial charge in [-0.25, -0.2) is 9.67 Å². The molecule has 0 saturated heterocycles. The van der Waals surface area contributed by atoms with Gasteiger partial charge in [0.15, 0.2) is 0 Å². The number of rotatable bonds is 3. The van der Waals surface area contributed by atoms with Crippen molar-refractivity contribution < 1.29 is 0 Å². The number of thioether (sulfide) groups is 1. The summed E-state index contributed by atoms with van der Waals surface area (Å²) in [5.74, 6) is 0.549. The molecule has 102 valence electrons. The highest BCUT2D eigenvalue weighted by Gasteiger charge is 2.07. The molecule has 0 amide bonds. The third-order valence-corrected chi connectivity index (χ3v) is 3.84. The van der Waals surface area contributed by atoms with Gasteiger partial charge in [0.2, 0.25) is 5.16 Å². The number of aryl methyl sites for hydroxylation is 2. The van der Waals surface area contributed by atoms with Crippen LogP contribution in [-0.2, 0) is 12.8 Å². The van der Waals surface area contributed by atoms with Gasteiger partial charge in [0, 0.05) is 25.1 Å². The SMILES string of the molecule is Cc1ccc2nc(CSc3nnnn3C)cc(=O)n2c1. The minimum absolute atomic E-state index is 0.0783. The summed E-state index contributed by atoms with van der Waals surface area (Å²) in [5.41, 5.74) is 2.31. The molecule has 0 bridgehead atoms. The molecule has 20 heavy (non-hydrogen) atoms. The molecule has 0 aliphatic heterocycles. The molecule has 0 aliphatic rings. The Morgan fingerprint density at radius 3 is 2.95 bits per heavy atom. The maximum atomic E-state index is 12.0. The van der Waals surface area contributed by atoms with Gasteiger partial charge in [-0.3, -0.25) is 9.20 Å². The average molecular weight is 288 g/mol. The molecule has 0 saturated carbocycles. The molecule has 0 fully saturated rings. The first-order valence-electron chi connectivity index (χ1n) is 5.97. The van der Waals surface area contributed by atoms with Crippen LogP contribution in [0.5, 0.6) is 0 Å². The number of hydrogen-bond acceptors (Lipinski definition) is 6. The maximum Gasteiger partial charge on any atom is 0.258 e. The Hall–Kier alpha value is -2.22. The molecular formula is C12H12N6OS. The van der Waals surface area contributed by atoms with Gasteiger partial charge >= 0.3 is 0 Å². The van der Waals surface area contributed by atoms with Crippen molar-refractivity contribution in [3.63, 3.8) is 0 Å². The molecule has 0 radical (unpaired) electrons. The Bertz CT molecular complexity index is 824. The first-order chi connectivity index (χ1) is 9.63. The predicted octanol–water partition coefficient (Wildman–Crippen LogP) is 0.819. The molecule has 8 heteroatoms. The van der Waals surface area contributed by atoms with Crippen LogP contribution in [0.3, 0.4) is 0 Å². The van der Waals surface area contributed by atoms with E-state index in [1.165, 1.54) is 11.8 Å². The second-order valence-corrected chi connectivity index (χ2v) is 5.34. The van der Waals surface area contributed by atoms with Crippen molar-refractivity contribution in [2.75, 3.05) is 0 Å². The van der Waals surface area contributed by atoms with E-state index in [2.05, 4.69) is 20.5 Å². The number of nitrogens with zero attached hydrogens (tertiary/aromatic N) is 6. The van der Waals surface area contributed by atoms with E-state index in [4.69, 9.17) is 0 Å². The first kappa shape index (κ1) is 12.8. The van der Waals surface area contributed by atoms with Crippen LogP contribution in [-0.4, -0.2) is 29.6 Å². The highest BCUT2D eigenvalue weighted by molar-refractivity contribution is 7.98. The van der Waals surface area contributed by atoms with Crippen LogP contribution in [0.25, 0.3) is 5.65 Å². The van der Waals surface area contributed by atoms with Gasteiger partial charge < -0.3 is 0 Å². The van der Waals surface area contributed by atoms with Crippen molar-refractivity contribution in [3.05, 3.63) is 46.0 Å². The Labute approximate surface area is 118 Å². The van der Waals surface area contributed by atoms with E-state index in [9.17, 15) is 4.79 Å². The predicted molar refractivity (Wildman–Crippen MR) is 74.6 cm³/mol. The summed E-state index contributed by atoms with van der Waals surface area (Å²) in [7, 11) is 1.77. The largest absolute Gasteiger partial charge is 0.269 e. The van der Waals surface area contributed by atoms with E-state index in [0.717, 1.165) is 5.56 Å². The van der Waals surface area contributed by atoms with Gasteiger partial charge in [-0.15, -0.1) is 5.10 Å². The first-order valence-corrected chi connectivity index (χ1v) is 6.96. The Balaban J connectivity index is 1.91. The molecule has 0 unspecified atom stereocenters. The van der Waals surface area contributed by atoms with E-state index < -0.39 is 0 Å². The minimum atomic E-state index is -0.0783. The molecule has 3 aromatic heterocycles. The standard InChI is InChI=1S/C12H12N6OS/c1-8-3-4-10-13-9(5-11(19)18(10)6-8)7-20-12-14-15-16-17(12)2/h3-6H,7H2,1-2H3. The second kappa shape index (κ2) is 5.04. The Morgan fingerprint density at radius 2 is 2.20 bits per heavy atom. The van der Waals surface area contributed by atoms with E-state index in [1.54, 1.807) is 28.4 Å². The van der Waals surface area contributed by atoms with E-state index in [0.29, 0.717) is 22.3 Å². The van der Waals surface area contributed by atoms with E-state index >= 15 is 0 Å². The lowest BCUT2D eigenvalue weighted by molar-refractivity contribution is 0.664. The fraction of sp³-hybridized carbons (Fsp3) is 0.250. The van der Waals surface area contributed by atoms with Crippen LogP contribution < -0.4 is 5.56 Å². The second-order valence-electron chi connectivity index (χ2n) is 4.39. The molecule has 7 nitrogen and oxygen atoms in total. The van der Waals surface area contributed by atoms with Crippen molar-refractivity contribution in [1.29, 1.82) is 0 Å². The minimum Gasteiger partial charge on any atom is -0.269 e. The zero-order valence-electron chi connectivity index (χ0n) is 11.0. The number of aromatic nitrogens is 6. The molecule has 3 aromatic rings. The summed E-state index contributed by atoms with van der Waals surface area (Å²) in [6.45, 7) is 1.94. The summed E-state index contributed by atoms with van der Waals surface area (Å²) in [6.07, 6.45) is 1.79. The van der Waals surface area contributed by atoms with E-state index in [-0.39, 0.29) is 5.56 Å². The lowest BCUT2D eigenvalue weighted by Crippen LogP contribution is -2.15. The lowest BCUT2D eigenvalue weighted by atomic mass is 10.3. The Morgan fingerprint density at radius 1 is 1.35 bits per heavy atom. The van der Waals surface area contributed by atoms with E-state index in [1.807, 2.05) is 19.1 Å². The van der Waals surface area contributed by atoms with Crippen LogP contribution in [0.1, 0.15) is 11.3 Å². The quantitative estimate of drug-likeness (QED) is 0.664. The fourth-order valence-corrected chi connectivity index (χ4v) is 2.56. The number of tetrazole rings is 1. The molecule has 3 heterocycles. The van der Waals surface area contributed by atoms with Crippen LogP contribution >= 0.6 is 11.8 Å². The van der Waals surface area contributed by atoms with Gasteiger partial charge in [-0.2, -0.15) is 0 Å². The zero-order valence-corrected chi connectivity index (χ0v) is 11.8. The number of fused-ring (bicyclic) bond motifs is 1. The van der Waals surface area contributed by atoms with Crippen molar-refractivity contribution in [2.45, 2.75) is 17.8 Å². The highest BCUT2D eigenvalue weighted by Crippen LogP contribution is 2.17. The summed E-state index contributed by atoms with van der Waals surface area (Å²) >= 11 is 1.44. The topological polar surface area (TPSA) is 78.0 Å². The third kappa shape index (κ3) is 2.42. The van der Waals surface area contributed by atoms with Gasteiger partial charge in [0.25, 0.3) is 5.56 Å². The molecule has 0 aliphatic carbocycles. The monoisotopic (exact) mass is 288 g/mol. The van der Waals surface area contributed by atoms with Crippen LogP contribution in [0.2, 0.25) is 0 Å². The molecule has 0 aromatic carbocycles. The van der Waals surface area contributed by atoms with Crippen LogP contribution in [0.15, 0.2) is 34.3 Å². The summed E-state index contributed by atoms with van der Waals surface area (Å²) in [4.78, 5) is 16.5. The molecule has 3 rings (SSSR count). The molecular weight excluding hydrogens is 276 g/mol. The van der Waals surface area contributed by atoms with Crippen molar-refractivity contribution in [2.24, 2.45) is 7.05 Å². The highest BCUT2D eigenvalue weighted by atomic mass is 32.2. The fourth-order valence-electron chi connectivity index (χ4n) is 1.81. The zero-order chi connectivity index (χ0) is 14.1. The summed E-state index contributed by atoms with van der Waals surface area (Å²) < 4.78 is 3.13. The molecule has 0 spiro atoms. The van der Waals surface area contributed by atoms with Crippen molar-refractivity contribution in [3.8, 4) is 0 Å². The molecule has 0 atom stereocenters. The number of hydrogen-bond donors (Lipinski definition) is 0. The molecule has 0 N–H and O–H groups in total. The van der Waals surface area contributed by atoms with Crippen molar-refractivity contribution in [1.82, 2.24) is 29.6 Å². The van der Waals surface area contributed by atoms with Crippen molar-refractivity contribution >= 4 is 17.4 Å². The van der Waals surface area contributed by atoms with Gasteiger partial charge in [-0.05, 0) is 29.0 Å². The maximum absolute atomic E-state index is 12.0. The lowest BCUT2D eigenvalue weighted by Gasteiger charge is -2.04. The van der Waals surface area contributed by atoms with Gasteiger partial charge in [-0.1, -0.05) is 17.8 Å². The summed E-state index contributed by atoms with van der Waals surface area (Å²) in [5, 5.41) is 11.9. The average Bonchev–Trinajstić information content (AvgIpc) is 2.83. The summed E-state index contributed by atoms with van der Waals surface area (Å²) in [6, 6.07) is 5.32.